The van der Waals surface area contributed by atoms with Crippen LogP contribution in [0.25, 0.3) is 10.8 Å². The van der Waals surface area contributed by atoms with Gasteiger partial charge in [0.25, 0.3) is 5.69 Å². The number of benzene rings is 2. The molecule has 2 rings (SSSR count). The van der Waals surface area contributed by atoms with Crippen LogP contribution in [0.1, 0.15) is 5.56 Å². The Kier molecular flexibility index (Phi) is 1.93. The normalized spacial score (nSPS) is 10.4. The molecule has 3 nitrogen and oxygen atoms in total. The number of hydrogen-bond acceptors (Lipinski definition) is 2. The van der Waals surface area contributed by atoms with E-state index in [2.05, 4.69) is 6.07 Å². The molecule has 0 unspecified atom stereocenters. The van der Waals surface area contributed by atoms with Gasteiger partial charge in [-0.3, -0.25) is 10.1 Å². The third-order valence-electron chi connectivity index (χ3n) is 2.27. The lowest BCUT2D eigenvalue weighted by Crippen LogP contribution is -1.92. The minimum Gasteiger partial charge on any atom is -0.258 e. The molecule has 0 saturated heterocycles. The number of nitro groups is 1. The standard InChI is InChI=1S/C11H8NO2/c1-8-10-5-3-2-4-9(10)6-7-11(8)12(13)14/h2-6H,1H3. The van der Waals surface area contributed by atoms with Crippen LogP contribution in [0.5, 0.6) is 0 Å². The van der Waals surface area contributed by atoms with Gasteiger partial charge in [-0.1, -0.05) is 24.3 Å². The molecular formula is C11H8NO2. The summed E-state index contributed by atoms with van der Waals surface area (Å²) in [6.07, 6.45) is 0. The largest absolute Gasteiger partial charge is 0.280 e. The van der Waals surface area contributed by atoms with Crippen LogP contribution in [0.2, 0.25) is 0 Å². The van der Waals surface area contributed by atoms with E-state index in [9.17, 15) is 10.1 Å². The van der Waals surface area contributed by atoms with Gasteiger partial charge in [-0.25, -0.2) is 0 Å². The molecule has 0 fully saturated rings. The first-order valence-electron chi connectivity index (χ1n) is 4.24. The number of hydrogen-bond donors (Lipinski definition) is 0. The molecule has 1 radical (unpaired) electrons. The van der Waals surface area contributed by atoms with E-state index in [-0.39, 0.29) is 5.69 Å². The smallest absolute Gasteiger partial charge is 0.258 e. The molecule has 3 heteroatoms. The highest BCUT2D eigenvalue weighted by atomic mass is 16.6. The number of nitrogens with zero attached hydrogens (tertiary/aromatic N) is 1. The second-order valence-electron chi connectivity index (χ2n) is 3.11. The number of rotatable bonds is 1. The van der Waals surface area contributed by atoms with E-state index in [0.717, 1.165) is 10.8 Å². The Morgan fingerprint density at radius 1 is 1.36 bits per heavy atom. The van der Waals surface area contributed by atoms with E-state index in [0.29, 0.717) is 5.56 Å². The molecule has 14 heavy (non-hydrogen) atoms. The number of aryl methyl sites for hydroxylation is 1. The topological polar surface area (TPSA) is 43.1 Å². The lowest BCUT2D eigenvalue weighted by molar-refractivity contribution is -0.385. The molecule has 0 bridgehead atoms. The van der Waals surface area contributed by atoms with Crippen molar-refractivity contribution in [2.24, 2.45) is 0 Å². The van der Waals surface area contributed by atoms with E-state index in [1.54, 1.807) is 13.0 Å². The van der Waals surface area contributed by atoms with Crippen molar-refractivity contribution in [3.63, 3.8) is 0 Å². The molecule has 0 aliphatic rings. The fourth-order valence-corrected chi connectivity index (χ4v) is 1.54. The Morgan fingerprint density at radius 2 is 2.07 bits per heavy atom. The third-order valence-corrected chi connectivity index (χ3v) is 2.27. The average molecular weight is 186 g/mol. The van der Waals surface area contributed by atoms with Gasteiger partial charge in [-0.15, -0.1) is 0 Å². The van der Waals surface area contributed by atoms with Crippen molar-refractivity contribution in [1.82, 2.24) is 0 Å². The van der Waals surface area contributed by atoms with Gasteiger partial charge >= 0.3 is 0 Å². The number of nitro benzene ring substituents is 1. The summed E-state index contributed by atoms with van der Waals surface area (Å²) in [7, 11) is 0. The summed E-state index contributed by atoms with van der Waals surface area (Å²) in [4.78, 5) is 10.2. The van der Waals surface area contributed by atoms with E-state index >= 15 is 0 Å². The summed E-state index contributed by atoms with van der Waals surface area (Å²) in [5.74, 6) is 0. The monoisotopic (exact) mass is 186 g/mol. The molecule has 0 aliphatic carbocycles. The maximum atomic E-state index is 10.6. The highest BCUT2D eigenvalue weighted by molar-refractivity contribution is 5.88. The predicted molar refractivity (Wildman–Crippen MR) is 54.2 cm³/mol. The first-order chi connectivity index (χ1) is 6.70. The average Bonchev–Trinajstić information content (AvgIpc) is 2.18. The van der Waals surface area contributed by atoms with Crippen molar-refractivity contribution in [3.8, 4) is 0 Å². The van der Waals surface area contributed by atoms with Crippen molar-refractivity contribution < 1.29 is 4.92 Å². The van der Waals surface area contributed by atoms with Crippen LogP contribution in [-0.4, -0.2) is 4.92 Å². The second kappa shape index (κ2) is 3.10. The van der Waals surface area contributed by atoms with Gasteiger partial charge in [0.15, 0.2) is 0 Å². The molecule has 0 amide bonds. The molecule has 0 atom stereocenters. The summed E-state index contributed by atoms with van der Waals surface area (Å²) in [5.41, 5.74) is 0.733. The second-order valence-corrected chi connectivity index (χ2v) is 3.11. The fourth-order valence-electron chi connectivity index (χ4n) is 1.54. The lowest BCUT2D eigenvalue weighted by atomic mass is 10.0. The van der Waals surface area contributed by atoms with Gasteiger partial charge in [-0.2, -0.15) is 0 Å². The Bertz CT molecular complexity index is 506. The zero-order valence-electron chi connectivity index (χ0n) is 7.65. The Hall–Kier alpha value is -1.90. The first kappa shape index (κ1) is 8.69. The molecule has 0 saturated carbocycles. The molecule has 0 N–H and O–H groups in total. The van der Waals surface area contributed by atoms with Gasteiger partial charge in [0.1, 0.15) is 0 Å². The van der Waals surface area contributed by atoms with Gasteiger partial charge in [0.2, 0.25) is 0 Å². The summed E-state index contributed by atoms with van der Waals surface area (Å²) >= 11 is 0. The highest BCUT2D eigenvalue weighted by Gasteiger charge is 2.12. The summed E-state index contributed by atoms with van der Waals surface area (Å²) in [5, 5.41) is 12.5. The van der Waals surface area contributed by atoms with Crippen molar-refractivity contribution in [2.45, 2.75) is 6.92 Å². The quantitative estimate of drug-likeness (QED) is 0.507. The maximum absolute atomic E-state index is 10.6. The predicted octanol–water partition coefficient (Wildman–Crippen LogP) is 2.86. The molecule has 0 aromatic heterocycles. The van der Waals surface area contributed by atoms with E-state index in [4.69, 9.17) is 0 Å². The zero-order chi connectivity index (χ0) is 10.1. The molecule has 0 heterocycles. The summed E-state index contributed by atoms with van der Waals surface area (Å²) in [6.45, 7) is 1.75. The Balaban J connectivity index is 2.81. The van der Waals surface area contributed by atoms with Gasteiger partial charge in [-0.05, 0) is 23.8 Å². The minimum atomic E-state index is -0.401. The summed E-state index contributed by atoms with van der Waals surface area (Å²) < 4.78 is 0. The maximum Gasteiger partial charge on any atom is 0.280 e. The zero-order valence-corrected chi connectivity index (χ0v) is 7.65. The minimum absolute atomic E-state index is 0.0590. The van der Waals surface area contributed by atoms with Crippen LogP contribution in [0.4, 0.5) is 5.69 Å². The van der Waals surface area contributed by atoms with Crippen molar-refractivity contribution in [3.05, 3.63) is 52.1 Å². The van der Waals surface area contributed by atoms with Crippen LogP contribution in [0.3, 0.4) is 0 Å². The Morgan fingerprint density at radius 3 is 2.79 bits per heavy atom. The van der Waals surface area contributed by atoms with Crippen molar-refractivity contribution >= 4 is 16.5 Å². The van der Waals surface area contributed by atoms with Crippen molar-refractivity contribution in [2.75, 3.05) is 0 Å². The van der Waals surface area contributed by atoms with Crippen LogP contribution in [-0.2, 0) is 0 Å². The summed E-state index contributed by atoms with van der Waals surface area (Å²) in [6, 6.07) is 11.9. The van der Waals surface area contributed by atoms with E-state index in [1.807, 2.05) is 24.3 Å². The molecule has 0 spiro atoms. The van der Waals surface area contributed by atoms with Gasteiger partial charge < -0.3 is 0 Å². The molecule has 0 aliphatic heterocycles. The molecule has 69 valence electrons. The van der Waals surface area contributed by atoms with Crippen molar-refractivity contribution in [1.29, 1.82) is 0 Å². The molecular weight excluding hydrogens is 178 g/mol. The van der Waals surface area contributed by atoms with Crippen LogP contribution >= 0.6 is 0 Å². The fraction of sp³-hybridized carbons (Fsp3) is 0.0909. The van der Waals surface area contributed by atoms with Gasteiger partial charge in [0, 0.05) is 5.56 Å². The number of fused-ring (bicyclic) bond motifs is 1. The Labute approximate surface area is 81.1 Å². The SMILES string of the molecule is Cc1c([N+](=O)[O-])[c]cc2ccccc12. The van der Waals surface area contributed by atoms with E-state index in [1.165, 1.54) is 0 Å². The van der Waals surface area contributed by atoms with Gasteiger partial charge in [0.05, 0.1) is 11.0 Å². The third kappa shape index (κ3) is 1.23. The first-order valence-corrected chi connectivity index (χ1v) is 4.24. The highest BCUT2D eigenvalue weighted by Crippen LogP contribution is 2.25. The van der Waals surface area contributed by atoms with E-state index < -0.39 is 4.92 Å². The lowest BCUT2D eigenvalue weighted by Gasteiger charge is -2.01. The molecule has 2 aromatic rings. The van der Waals surface area contributed by atoms with Crippen LogP contribution < -0.4 is 0 Å². The van der Waals surface area contributed by atoms with Crippen LogP contribution in [0, 0.1) is 23.1 Å². The van der Waals surface area contributed by atoms with Crippen LogP contribution in [0.15, 0.2) is 30.3 Å². The molecule has 2 aromatic carbocycles.